The summed E-state index contributed by atoms with van der Waals surface area (Å²) in [4.78, 5) is 0. The second kappa shape index (κ2) is 45.9. The number of benzene rings is 6. The van der Waals surface area contributed by atoms with E-state index in [2.05, 4.69) is 146 Å². The number of azo groups is 3. The van der Waals surface area contributed by atoms with Crippen LogP contribution in [-0.2, 0) is 32.7 Å². The zero-order valence-corrected chi connectivity index (χ0v) is 44.1. The van der Waals surface area contributed by atoms with E-state index in [-0.39, 0.29) is 38.5 Å². The number of aryl methyl sites for hydroxylation is 2. The molecule has 337 valence electrons. The summed E-state index contributed by atoms with van der Waals surface area (Å²) in [5, 5.41) is 41.6. The van der Waals surface area contributed by atoms with E-state index < -0.39 is 0 Å². The number of fused-ring (bicyclic) bond motifs is 2. The molecule has 0 unspecified atom stereocenters. The maximum Gasteiger partial charge on any atom is 0.153 e. The summed E-state index contributed by atoms with van der Waals surface area (Å²) in [6, 6.07) is 43.2. The van der Waals surface area contributed by atoms with Gasteiger partial charge in [0.05, 0.1) is 0 Å². The Morgan fingerprint density at radius 3 is 1.31 bits per heavy atom. The monoisotopic (exact) mass is 920 g/mol. The van der Waals surface area contributed by atoms with E-state index in [0.717, 1.165) is 39.8 Å². The number of aromatic hydroxyl groups is 1. The first-order chi connectivity index (χ1) is 29.6. The van der Waals surface area contributed by atoms with Crippen molar-refractivity contribution in [3.05, 3.63) is 139 Å². The van der Waals surface area contributed by atoms with Crippen LogP contribution in [0.15, 0.2) is 152 Å². The van der Waals surface area contributed by atoms with Crippen molar-refractivity contribution in [2.45, 2.75) is 116 Å². The summed E-state index contributed by atoms with van der Waals surface area (Å²) < 4.78 is 0. The van der Waals surface area contributed by atoms with Gasteiger partial charge in [-0.25, -0.2) is 10.2 Å². The van der Waals surface area contributed by atoms with Crippen molar-refractivity contribution in [3.63, 3.8) is 0 Å². The summed E-state index contributed by atoms with van der Waals surface area (Å²) in [5.74, 6) is 0.124. The van der Waals surface area contributed by atoms with E-state index in [4.69, 9.17) is 0 Å². The SMILES string of the molecule is CC.CCC.CCC.CCC.CCC.CCNc1cccc2cc(C)c(N=Nc3[c-]cc(N=NC)c(C)c3)c(O)c12.CN=NC.[Y].c1ccc2ccccc2c1.c1ccccc1. The van der Waals surface area contributed by atoms with Crippen LogP contribution in [0.4, 0.5) is 22.7 Å². The minimum atomic E-state index is 0. The third-order valence-corrected chi connectivity index (χ3v) is 6.78. The van der Waals surface area contributed by atoms with E-state index in [1.165, 1.54) is 36.5 Å². The Morgan fingerprint density at radius 2 is 0.935 bits per heavy atom. The Bertz CT molecular complexity index is 1890. The molecule has 0 heterocycles. The molecular formula is C53H80N7OY-. The van der Waals surface area contributed by atoms with Crippen LogP contribution in [0.25, 0.3) is 21.5 Å². The van der Waals surface area contributed by atoms with E-state index in [1.54, 1.807) is 27.2 Å². The Morgan fingerprint density at radius 1 is 0.516 bits per heavy atom. The first-order valence-electron chi connectivity index (χ1n) is 21.9. The third-order valence-electron chi connectivity index (χ3n) is 6.78. The van der Waals surface area contributed by atoms with Crippen molar-refractivity contribution in [2.24, 2.45) is 30.7 Å². The summed E-state index contributed by atoms with van der Waals surface area (Å²) in [6.07, 6.45) is 5.00. The van der Waals surface area contributed by atoms with Crippen LogP contribution >= 0.6 is 0 Å². The maximum absolute atomic E-state index is 10.9. The molecule has 0 aromatic heterocycles. The summed E-state index contributed by atoms with van der Waals surface area (Å²) in [6.45, 7) is 27.6. The van der Waals surface area contributed by atoms with Crippen molar-refractivity contribution in [2.75, 3.05) is 33.0 Å². The van der Waals surface area contributed by atoms with E-state index in [0.29, 0.717) is 11.4 Å². The molecule has 0 aliphatic rings. The number of phenolic OH excluding ortho intramolecular Hbond substituents is 1. The molecule has 0 spiro atoms. The van der Waals surface area contributed by atoms with Crippen molar-refractivity contribution in [3.8, 4) is 5.75 Å². The fourth-order valence-electron chi connectivity index (χ4n) is 4.50. The van der Waals surface area contributed by atoms with Crippen molar-refractivity contribution in [1.82, 2.24) is 0 Å². The van der Waals surface area contributed by atoms with Gasteiger partial charge in [-0.1, -0.05) is 199 Å². The van der Waals surface area contributed by atoms with Crippen LogP contribution in [0.1, 0.15) is 113 Å². The van der Waals surface area contributed by atoms with Crippen molar-refractivity contribution >= 4 is 44.3 Å². The largest absolute Gasteiger partial charge is 0.505 e. The number of nitrogens with zero attached hydrogens (tertiary/aromatic N) is 6. The topological polar surface area (TPSA) is 106 Å². The number of hydrogen-bond donors (Lipinski definition) is 2. The second-order valence-corrected chi connectivity index (χ2v) is 12.9. The molecule has 8 nitrogen and oxygen atoms in total. The van der Waals surface area contributed by atoms with Crippen LogP contribution in [0.2, 0.25) is 0 Å². The molecule has 0 atom stereocenters. The van der Waals surface area contributed by atoms with E-state index >= 15 is 0 Å². The zero-order chi connectivity index (χ0) is 46.7. The molecule has 1 radical (unpaired) electrons. The molecule has 0 saturated carbocycles. The van der Waals surface area contributed by atoms with Gasteiger partial charge >= 0.3 is 0 Å². The van der Waals surface area contributed by atoms with E-state index in [1.807, 2.05) is 101 Å². The number of rotatable bonds is 5. The Labute approximate surface area is 403 Å². The minimum absolute atomic E-state index is 0. The number of anilines is 1. The molecule has 2 N–H and O–H groups in total. The molecule has 0 bridgehead atoms. The smallest absolute Gasteiger partial charge is 0.153 e. The van der Waals surface area contributed by atoms with Crippen LogP contribution in [0.5, 0.6) is 5.75 Å². The van der Waals surface area contributed by atoms with Gasteiger partial charge < -0.3 is 10.4 Å². The van der Waals surface area contributed by atoms with Crippen LogP contribution in [0.3, 0.4) is 0 Å². The van der Waals surface area contributed by atoms with Gasteiger partial charge in [-0.15, -0.1) is 22.8 Å². The van der Waals surface area contributed by atoms with Gasteiger partial charge in [0.2, 0.25) is 0 Å². The maximum atomic E-state index is 10.9. The molecule has 0 aliphatic heterocycles. The molecule has 62 heavy (non-hydrogen) atoms. The fraction of sp³-hybridized carbons (Fsp3) is 0.396. The fourth-order valence-corrected chi connectivity index (χ4v) is 4.50. The number of nitrogens with one attached hydrogen (secondary N) is 1. The first kappa shape index (κ1) is 64.0. The first-order valence-corrected chi connectivity index (χ1v) is 21.9. The standard InChI is InChI=1S/C21H22N5O.C10H8.C6H6.4C3H8.C2H6N2.C2H6.Y/c1-5-23-18-8-6-7-15-11-14(3)20(21(27)19(15)18)26-24-16-9-10-17(25-22-4)13(2)12-16;1-2-6-10-8-4-3-7-9(10)5-1;1-2-4-6-5-3-1;4*1-3-2;1-3-4-2;1-2;/h6-8,10-12,23,27H,5H2,1-4H3;1-8H;1-6H;4*3H2,1-2H3;1-2H3;1-2H3;/q-1;;;;;;;;;. The van der Waals surface area contributed by atoms with Crippen LogP contribution in [-0.4, -0.2) is 32.8 Å². The molecule has 6 aromatic carbocycles. The molecule has 0 saturated heterocycles. The van der Waals surface area contributed by atoms with Gasteiger partial charge in [-0.2, -0.15) is 21.4 Å². The van der Waals surface area contributed by atoms with E-state index in [9.17, 15) is 5.11 Å². The van der Waals surface area contributed by atoms with Gasteiger partial charge in [-0.05, 0) is 59.1 Å². The minimum Gasteiger partial charge on any atom is -0.505 e. The van der Waals surface area contributed by atoms with Crippen molar-refractivity contribution < 1.29 is 37.8 Å². The van der Waals surface area contributed by atoms with Gasteiger partial charge in [-0.3, -0.25) is 0 Å². The molecular weight excluding hydrogens is 840 g/mol. The molecule has 0 aliphatic carbocycles. The van der Waals surface area contributed by atoms with Crippen LogP contribution < -0.4 is 5.32 Å². The number of phenols is 1. The average molecular weight is 920 g/mol. The third kappa shape index (κ3) is 29.6. The normalized spacial score (nSPS) is 9.35. The van der Waals surface area contributed by atoms with Gasteiger partial charge in [0.25, 0.3) is 0 Å². The zero-order valence-electron chi connectivity index (χ0n) is 41.3. The quantitative estimate of drug-likeness (QED) is 0.133. The molecule has 6 aromatic rings. The number of hydrogen-bond acceptors (Lipinski definition) is 8. The summed E-state index contributed by atoms with van der Waals surface area (Å²) >= 11 is 0. The summed E-state index contributed by atoms with van der Waals surface area (Å²) in [7, 11) is 4.90. The predicted molar refractivity (Wildman–Crippen MR) is 271 cm³/mol. The Balaban J connectivity index is -0.000000392. The molecule has 9 heteroatoms. The second-order valence-electron chi connectivity index (χ2n) is 12.9. The Hall–Kier alpha value is -4.66. The van der Waals surface area contributed by atoms with Crippen LogP contribution in [0, 0.1) is 19.9 Å². The van der Waals surface area contributed by atoms with Crippen molar-refractivity contribution in [1.29, 1.82) is 0 Å². The Kier molecular flexibility index (Phi) is 47.3. The van der Waals surface area contributed by atoms with Gasteiger partial charge in [0.1, 0.15) is 5.69 Å². The molecule has 6 rings (SSSR count). The average Bonchev–Trinajstić information content (AvgIpc) is 3.27. The van der Waals surface area contributed by atoms with Gasteiger partial charge in [0.15, 0.2) is 5.75 Å². The predicted octanol–water partition coefficient (Wildman–Crippen LogP) is 18.4. The molecule has 0 fully saturated rings. The van der Waals surface area contributed by atoms with Gasteiger partial charge in [0, 0.05) is 71.5 Å². The molecule has 0 amide bonds. The summed E-state index contributed by atoms with van der Waals surface area (Å²) in [5.41, 5.74) is 4.43.